The lowest BCUT2D eigenvalue weighted by Crippen LogP contribution is -2.43. The van der Waals surface area contributed by atoms with E-state index in [0.717, 1.165) is 31.5 Å². The SMILES string of the molecule is CCCNC(=O)C1CCN(C(=O)c2ccc(-n3cccc3)cc2)CC1. The Balaban J connectivity index is 1.56. The maximum Gasteiger partial charge on any atom is 0.253 e. The van der Waals surface area contributed by atoms with Crippen molar-refractivity contribution in [2.75, 3.05) is 19.6 Å². The van der Waals surface area contributed by atoms with E-state index in [-0.39, 0.29) is 17.7 Å². The number of nitrogens with zero attached hydrogens (tertiary/aromatic N) is 2. The van der Waals surface area contributed by atoms with Gasteiger partial charge in [0.1, 0.15) is 0 Å². The van der Waals surface area contributed by atoms with Crippen molar-refractivity contribution in [2.24, 2.45) is 5.92 Å². The number of benzene rings is 1. The standard InChI is InChI=1S/C20H25N3O2/c1-2-11-21-19(24)16-9-14-23(15-10-16)20(25)17-5-7-18(8-6-17)22-12-3-4-13-22/h3-8,12-13,16H,2,9-11,14-15H2,1H3,(H,21,24). The number of amides is 2. The van der Waals surface area contributed by atoms with E-state index in [1.165, 1.54) is 0 Å². The van der Waals surface area contributed by atoms with E-state index in [2.05, 4.69) is 5.32 Å². The average Bonchev–Trinajstić information content (AvgIpc) is 3.20. The second-order valence-electron chi connectivity index (χ2n) is 6.49. The van der Waals surface area contributed by atoms with Gasteiger partial charge >= 0.3 is 0 Å². The van der Waals surface area contributed by atoms with Crippen LogP contribution in [0.5, 0.6) is 0 Å². The van der Waals surface area contributed by atoms with Crippen LogP contribution in [0.15, 0.2) is 48.8 Å². The molecule has 132 valence electrons. The molecule has 5 heteroatoms. The molecule has 0 spiro atoms. The van der Waals surface area contributed by atoms with Crippen LogP contribution in [0.4, 0.5) is 0 Å². The van der Waals surface area contributed by atoms with Crippen molar-refractivity contribution >= 4 is 11.8 Å². The van der Waals surface area contributed by atoms with Gasteiger partial charge in [0.05, 0.1) is 0 Å². The molecule has 25 heavy (non-hydrogen) atoms. The van der Waals surface area contributed by atoms with Gasteiger partial charge in [-0.05, 0) is 55.7 Å². The Labute approximate surface area is 148 Å². The highest BCUT2D eigenvalue weighted by molar-refractivity contribution is 5.94. The smallest absolute Gasteiger partial charge is 0.253 e. The normalized spacial score (nSPS) is 15.2. The van der Waals surface area contributed by atoms with Crippen molar-refractivity contribution in [3.8, 4) is 5.69 Å². The molecular formula is C20H25N3O2. The molecule has 0 aliphatic carbocycles. The Morgan fingerprint density at radius 3 is 2.32 bits per heavy atom. The lowest BCUT2D eigenvalue weighted by atomic mass is 9.95. The second-order valence-corrected chi connectivity index (χ2v) is 6.49. The zero-order valence-corrected chi connectivity index (χ0v) is 14.6. The number of likely N-dealkylation sites (tertiary alicyclic amines) is 1. The fraction of sp³-hybridized carbons (Fsp3) is 0.400. The maximum absolute atomic E-state index is 12.7. The van der Waals surface area contributed by atoms with E-state index >= 15 is 0 Å². The van der Waals surface area contributed by atoms with Crippen LogP contribution in [-0.4, -0.2) is 40.9 Å². The highest BCUT2D eigenvalue weighted by Gasteiger charge is 2.27. The molecule has 1 N–H and O–H groups in total. The zero-order chi connectivity index (χ0) is 17.6. The summed E-state index contributed by atoms with van der Waals surface area (Å²) < 4.78 is 2.01. The first-order valence-corrected chi connectivity index (χ1v) is 8.99. The van der Waals surface area contributed by atoms with E-state index in [1.807, 2.05) is 65.2 Å². The molecule has 1 saturated heterocycles. The molecule has 2 amide bonds. The molecular weight excluding hydrogens is 314 g/mol. The lowest BCUT2D eigenvalue weighted by Gasteiger charge is -2.31. The first kappa shape index (κ1) is 17.3. The average molecular weight is 339 g/mol. The minimum absolute atomic E-state index is 0.0340. The van der Waals surface area contributed by atoms with E-state index in [4.69, 9.17) is 0 Å². The second kappa shape index (κ2) is 8.01. The number of hydrogen-bond acceptors (Lipinski definition) is 2. The number of carbonyl (C=O) groups excluding carboxylic acids is 2. The third-order valence-corrected chi connectivity index (χ3v) is 4.72. The Bertz CT molecular complexity index is 699. The molecule has 1 aromatic heterocycles. The fourth-order valence-corrected chi connectivity index (χ4v) is 3.20. The van der Waals surface area contributed by atoms with Crippen molar-refractivity contribution in [3.05, 3.63) is 54.4 Å². The van der Waals surface area contributed by atoms with Crippen LogP contribution < -0.4 is 5.32 Å². The Hall–Kier alpha value is -2.56. The van der Waals surface area contributed by atoms with Gasteiger partial charge in [-0.1, -0.05) is 6.92 Å². The molecule has 5 nitrogen and oxygen atoms in total. The van der Waals surface area contributed by atoms with Gasteiger partial charge in [0.25, 0.3) is 5.91 Å². The minimum Gasteiger partial charge on any atom is -0.356 e. The monoisotopic (exact) mass is 339 g/mol. The van der Waals surface area contributed by atoms with Crippen LogP contribution in [0.3, 0.4) is 0 Å². The Morgan fingerprint density at radius 2 is 1.72 bits per heavy atom. The molecule has 1 aliphatic heterocycles. The van der Waals surface area contributed by atoms with Crippen LogP contribution >= 0.6 is 0 Å². The molecule has 1 aromatic carbocycles. The summed E-state index contributed by atoms with van der Waals surface area (Å²) in [5.41, 5.74) is 1.73. The quantitative estimate of drug-likeness (QED) is 0.911. The number of aromatic nitrogens is 1. The van der Waals surface area contributed by atoms with Crippen molar-refractivity contribution in [3.63, 3.8) is 0 Å². The van der Waals surface area contributed by atoms with Gasteiger partial charge in [0.2, 0.25) is 5.91 Å². The zero-order valence-electron chi connectivity index (χ0n) is 14.6. The number of piperidine rings is 1. The summed E-state index contributed by atoms with van der Waals surface area (Å²) in [5, 5.41) is 2.95. The van der Waals surface area contributed by atoms with Gasteiger partial charge in [-0.15, -0.1) is 0 Å². The molecule has 0 bridgehead atoms. The van der Waals surface area contributed by atoms with Gasteiger partial charge in [-0.3, -0.25) is 9.59 Å². The summed E-state index contributed by atoms with van der Waals surface area (Å²) in [6.45, 7) is 4.06. The topological polar surface area (TPSA) is 54.3 Å². The lowest BCUT2D eigenvalue weighted by molar-refractivity contribution is -0.126. The summed E-state index contributed by atoms with van der Waals surface area (Å²) in [5.74, 6) is 0.211. The fourth-order valence-electron chi connectivity index (χ4n) is 3.20. The maximum atomic E-state index is 12.7. The van der Waals surface area contributed by atoms with E-state index < -0.39 is 0 Å². The van der Waals surface area contributed by atoms with Crippen LogP contribution in [0.25, 0.3) is 5.69 Å². The largest absolute Gasteiger partial charge is 0.356 e. The Kier molecular flexibility index (Phi) is 5.53. The van der Waals surface area contributed by atoms with Crippen molar-refractivity contribution in [2.45, 2.75) is 26.2 Å². The van der Waals surface area contributed by atoms with Gasteiger partial charge in [-0.25, -0.2) is 0 Å². The third-order valence-electron chi connectivity index (χ3n) is 4.72. The van der Waals surface area contributed by atoms with E-state index in [1.54, 1.807) is 0 Å². The first-order chi connectivity index (χ1) is 12.2. The highest BCUT2D eigenvalue weighted by Crippen LogP contribution is 2.20. The molecule has 0 unspecified atom stereocenters. The number of carbonyl (C=O) groups is 2. The summed E-state index contributed by atoms with van der Waals surface area (Å²) in [7, 11) is 0. The van der Waals surface area contributed by atoms with Gasteiger partial charge in [-0.2, -0.15) is 0 Å². The third kappa shape index (κ3) is 4.10. The van der Waals surface area contributed by atoms with E-state index in [0.29, 0.717) is 18.7 Å². The van der Waals surface area contributed by atoms with Gasteiger partial charge in [0.15, 0.2) is 0 Å². The first-order valence-electron chi connectivity index (χ1n) is 8.99. The van der Waals surface area contributed by atoms with Crippen LogP contribution in [-0.2, 0) is 4.79 Å². The van der Waals surface area contributed by atoms with Crippen LogP contribution in [0.2, 0.25) is 0 Å². The van der Waals surface area contributed by atoms with Gasteiger partial charge in [0, 0.05) is 49.2 Å². The summed E-state index contributed by atoms with van der Waals surface area (Å²) in [4.78, 5) is 26.6. The Morgan fingerprint density at radius 1 is 1.08 bits per heavy atom. The summed E-state index contributed by atoms with van der Waals surface area (Å²) in [6, 6.07) is 11.6. The highest BCUT2D eigenvalue weighted by atomic mass is 16.2. The van der Waals surface area contributed by atoms with Gasteiger partial charge < -0.3 is 14.8 Å². The molecule has 1 aliphatic rings. The number of nitrogens with one attached hydrogen (secondary N) is 1. The van der Waals surface area contributed by atoms with Crippen LogP contribution in [0.1, 0.15) is 36.5 Å². The number of rotatable bonds is 5. The number of hydrogen-bond donors (Lipinski definition) is 1. The molecule has 1 fully saturated rings. The van der Waals surface area contributed by atoms with Crippen molar-refractivity contribution in [1.82, 2.24) is 14.8 Å². The molecule has 2 aromatic rings. The predicted molar refractivity (Wildman–Crippen MR) is 97.7 cm³/mol. The predicted octanol–water partition coefficient (Wildman–Crippen LogP) is 2.86. The van der Waals surface area contributed by atoms with Crippen molar-refractivity contribution < 1.29 is 9.59 Å². The molecule has 0 atom stereocenters. The molecule has 0 radical (unpaired) electrons. The molecule has 3 rings (SSSR count). The van der Waals surface area contributed by atoms with E-state index in [9.17, 15) is 9.59 Å². The van der Waals surface area contributed by atoms with Crippen LogP contribution in [0, 0.1) is 5.92 Å². The molecule has 2 heterocycles. The summed E-state index contributed by atoms with van der Waals surface area (Å²) >= 11 is 0. The molecule has 0 saturated carbocycles. The van der Waals surface area contributed by atoms with Crippen molar-refractivity contribution in [1.29, 1.82) is 0 Å². The minimum atomic E-state index is 0.0340. The summed E-state index contributed by atoms with van der Waals surface area (Å²) in [6.07, 6.45) is 6.38.